The number of carbonyl (C=O) groups excluding carboxylic acids is 1. The normalized spacial score (nSPS) is 14.2. The first kappa shape index (κ1) is 18.4. The summed E-state index contributed by atoms with van der Waals surface area (Å²) in [6, 6.07) is 12.1. The number of rotatable bonds is 4. The molecule has 1 N–H and O–H groups in total. The van der Waals surface area contributed by atoms with Crippen LogP contribution in [-0.4, -0.2) is 47.0 Å². The molecule has 28 heavy (non-hydrogen) atoms. The summed E-state index contributed by atoms with van der Waals surface area (Å²) in [7, 11) is 0. The zero-order chi connectivity index (χ0) is 19.5. The van der Waals surface area contributed by atoms with Crippen molar-refractivity contribution >= 4 is 33.9 Å². The number of amides is 1. The number of pyridine rings is 1. The van der Waals surface area contributed by atoms with E-state index in [4.69, 9.17) is 0 Å². The molecule has 1 fully saturated rings. The van der Waals surface area contributed by atoms with Gasteiger partial charge in [0.05, 0.1) is 0 Å². The molecule has 0 spiro atoms. The van der Waals surface area contributed by atoms with Crippen molar-refractivity contribution in [3.8, 4) is 0 Å². The fraction of sp³-hybridized carbons (Fsp3) is 0.286. The van der Waals surface area contributed by atoms with E-state index in [0.29, 0.717) is 18.8 Å². The Bertz CT molecular complexity index is 964. The van der Waals surface area contributed by atoms with E-state index in [1.165, 1.54) is 16.9 Å². The molecule has 1 aliphatic rings. The molecule has 7 heteroatoms. The van der Waals surface area contributed by atoms with Crippen LogP contribution in [-0.2, 0) is 0 Å². The fourth-order valence-electron chi connectivity index (χ4n) is 3.34. The van der Waals surface area contributed by atoms with Crippen molar-refractivity contribution in [1.29, 1.82) is 0 Å². The molecule has 1 aliphatic heterocycles. The van der Waals surface area contributed by atoms with Crippen LogP contribution in [0.15, 0.2) is 48.0 Å². The van der Waals surface area contributed by atoms with Gasteiger partial charge < -0.3 is 15.1 Å². The number of aryl methyl sites for hydroxylation is 2. The van der Waals surface area contributed by atoms with Crippen LogP contribution >= 0.6 is 11.3 Å². The topological polar surface area (TPSA) is 61.4 Å². The number of hydrogen-bond donors (Lipinski definition) is 1. The third-order valence-corrected chi connectivity index (χ3v) is 5.64. The summed E-state index contributed by atoms with van der Waals surface area (Å²) in [5.74, 6) is 0.953. The highest BCUT2D eigenvalue weighted by Gasteiger charge is 2.24. The summed E-state index contributed by atoms with van der Waals surface area (Å²) in [6.07, 6.45) is 1.80. The van der Waals surface area contributed by atoms with Gasteiger partial charge in [0.2, 0.25) is 0 Å². The molecular formula is C21H23N5OS. The predicted molar refractivity (Wildman–Crippen MR) is 114 cm³/mol. The Morgan fingerprint density at radius 3 is 2.64 bits per heavy atom. The minimum absolute atomic E-state index is 0.00870. The summed E-state index contributed by atoms with van der Waals surface area (Å²) in [4.78, 5) is 25.8. The minimum atomic E-state index is -0.00870. The minimum Gasteiger partial charge on any atom is -0.353 e. The number of benzene rings is 1. The highest BCUT2D eigenvalue weighted by Crippen LogP contribution is 2.25. The van der Waals surface area contributed by atoms with Crippen LogP contribution < -0.4 is 10.2 Å². The van der Waals surface area contributed by atoms with E-state index in [0.717, 1.165) is 35.3 Å². The van der Waals surface area contributed by atoms with Gasteiger partial charge in [-0.05, 0) is 37.6 Å². The summed E-state index contributed by atoms with van der Waals surface area (Å²) < 4.78 is 0. The Morgan fingerprint density at radius 1 is 1.11 bits per heavy atom. The van der Waals surface area contributed by atoms with Crippen LogP contribution in [0.2, 0.25) is 0 Å². The maximum Gasteiger partial charge on any atom is 0.273 e. The van der Waals surface area contributed by atoms with Gasteiger partial charge in [-0.3, -0.25) is 4.79 Å². The van der Waals surface area contributed by atoms with E-state index in [9.17, 15) is 4.79 Å². The van der Waals surface area contributed by atoms with Crippen molar-refractivity contribution in [2.45, 2.75) is 13.8 Å². The molecule has 3 aromatic rings. The average molecular weight is 394 g/mol. The number of piperazine rings is 1. The third-order valence-electron chi connectivity index (χ3n) is 4.89. The van der Waals surface area contributed by atoms with Crippen molar-refractivity contribution in [3.05, 3.63) is 64.8 Å². The predicted octanol–water partition coefficient (Wildman–Crippen LogP) is 3.86. The van der Waals surface area contributed by atoms with Gasteiger partial charge in [-0.25, -0.2) is 9.97 Å². The van der Waals surface area contributed by atoms with Gasteiger partial charge in [0.15, 0.2) is 5.13 Å². The van der Waals surface area contributed by atoms with Gasteiger partial charge >= 0.3 is 0 Å². The third kappa shape index (κ3) is 3.99. The zero-order valence-electron chi connectivity index (χ0n) is 16.1. The molecule has 6 nitrogen and oxygen atoms in total. The van der Waals surface area contributed by atoms with Crippen molar-refractivity contribution in [1.82, 2.24) is 14.9 Å². The van der Waals surface area contributed by atoms with Crippen LogP contribution in [0.1, 0.15) is 21.6 Å². The monoisotopic (exact) mass is 393 g/mol. The molecule has 4 rings (SSSR count). The van der Waals surface area contributed by atoms with Crippen LogP contribution in [0, 0.1) is 13.8 Å². The number of thiazole rings is 1. The number of carbonyl (C=O) groups is 1. The Kier molecular flexibility index (Phi) is 5.25. The van der Waals surface area contributed by atoms with Crippen LogP contribution in [0.25, 0.3) is 0 Å². The van der Waals surface area contributed by atoms with Crippen molar-refractivity contribution in [3.63, 3.8) is 0 Å². The van der Waals surface area contributed by atoms with Gasteiger partial charge in [-0.1, -0.05) is 23.8 Å². The van der Waals surface area contributed by atoms with E-state index in [-0.39, 0.29) is 5.91 Å². The first-order valence-electron chi connectivity index (χ1n) is 9.35. The maximum absolute atomic E-state index is 12.8. The number of hydrogen-bond acceptors (Lipinski definition) is 6. The number of anilines is 3. The Balaban J connectivity index is 1.38. The van der Waals surface area contributed by atoms with Gasteiger partial charge in [0.25, 0.3) is 5.91 Å². The Hall–Kier alpha value is -2.93. The molecule has 2 aromatic heterocycles. The second-order valence-corrected chi connectivity index (χ2v) is 7.81. The lowest BCUT2D eigenvalue weighted by molar-refractivity contribution is 0.0741. The summed E-state index contributed by atoms with van der Waals surface area (Å²) >= 11 is 1.46. The van der Waals surface area contributed by atoms with Crippen LogP contribution in [0.5, 0.6) is 0 Å². The average Bonchev–Trinajstić information content (AvgIpc) is 3.19. The molecule has 0 bridgehead atoms. The number of nitrogens with zero attached hydrogens (tertiary/aromatic N) is 4. The molecule has 0 saturated carbocycles. The second-order valence-electron chi connectivity index (χ2n) is 6.95. The van der Waals surface area contributed by atoms with Crippen molar-refractivity contribution in [2.24, 2.45) is 0 Å². The molecule has 0 radical (unpaired) electrons. The molecule has 144 valence electrons. The van der Waals surface area contributed by atoms with Crippen LogP contribution in [0.4, 0.5) is 16.6 Å². The van der Waals surface area contributed by atoms with E-state index in [1.54, 1.807) is 6.20 Å². The Morgan fingerprint density at radius 2 is 1.93 bits per heavy atom. The van der Waals surface area contributed by atoms with Gasteiger partial charge in [-0.15, -0.1) is 11.3 Å². The standard InChI is InChI=1S/C21H23N5OS/c1-15-6-7-17(16(2)13-15)23-21-24-18(14-28-21)20(27)26-11-9-25(10-12-26)19-5-3-4-8-22-19/h3-8,13-14H,9-12H2,1-2H3,(H,23,24). The lowest BCUT2D eigenvalue weighted by atomic mass is 10.1. The van der Waals surface area contributed by atoms with Gasteiger partial charge in [0, 0.05) is 43.4 Å². The smallest absolute Gasteiger partial charge is 0.273 e. The lowest BCUT2D eigenvalue weighted by Crippen LogP contribution is -2.49. The van der Waals surface area contributed by atoms with Crippen molar-refractivity contribution in [2.75, 3.05) is 36.4 Å². The zero-order valence-corrected chi connectivity index (χ0v) is 16.9. The van der Waals surface area contributed by atoms with Gasteiger partial charge in [0.1, 0.15) is 11.5 Å². The first-order chi connectivity index (χ1) is 13.6. The summed E-state index contributed by atoms with van der Waals surface area (Å²) in [5, 5.41) is 5.90. The molecule has 3 heterocycles. The highest BCUT2D eigenvalue weighted by molar-refractivity contribution is 7.14. The SMILES string of the molecule is Cc1ccc(Nc2nc(C(=O)N3CCN(c4ccccn4)CC3)cs2)c(C)c1. The lowest BCUT2D eigenvalue weighted by Gasteiger charge is -2.35. The molecule has 0 unspecified atom stereocenters. The quantitative estimate of drug-likeness (QED) is 0.729. The molecule has 1 aromatic carbocycles. The molecular weight excluding hydrogens is 370 g/mol. The Labute approximate surface area is 168 Å². The van der Waals surface area contributed by atoms with E-state index in [2.05, 4.69) is 46.2 Å². The summed E-state index contributed by atoms with van der Waals surface area (Å²) in [5.41, 5.74) is 3.91. The largest absolute Gasteiger partial charge is 0.353 e. The first-order valence-corrected chi connectivity index (χ1v) is 10.2. The summed E-state index contributed by atoms with van der Waals surface area (Å²) in [6.45, 7) is 7.04. The number of nitrogens with one attached hydrogen (secondary N) is 1. The molecule has 0 aliphatic carbocycles. The molecule has 1 saturated heterocycles. The molecule has 0 atom stereocenters. The van der Waals surface area contributed by atoms with Crippen molar-refractivity contribution < 1.29 is 4.79 Å². The fourth-order valence-corrected chi connectivity index (χ4v) is 4.04. The highest BCUT2D eigenvalue weighted by atomic mass is 32.1. The maximum atomic E-state index is 12.8. The van der Waals surface area contributed by atoms with Crippen LogP contribution in [0.3, 0.4) is 0 Å². The van der Waals surface area contributed by atoms with E-state index >= 15 is 0 Å². The van der Waals surface area contributed by atoms with E-state index < -0.39 is 0 Å². The van der Waals surface area contributed by atoms with Gasteiger partial charge in [-0.2, -0.15) is 0 Å². The molecule has 1 amide bonds. The number of aromatic nitrogens is 2. The van der Waals surface area contributed by atoms with E-state index in [1.807, 2.05) is 34.5 Å². The second kappa shape index (κ2) is 7.98.